The first-order chi connectivity index (χ1) is 18.0. The first kappa shape index (κ1) is 26.2. The number of esters is 1. The molecule has 0 aliphatic heterocycles. The van der Waals surface area contributed by atoms with Crippen LogP contribution in [0.25, 0.3) is 10.2 Å². The van der Waals surface area contributed by atoms with Gasteiger partial charge in [0.05, 0.1) is 37.4 Å². The van der Waals surface area contributed by atoms with Crippen molar-refractivity contribution in [2.24, 2.45) is 0 Å². The number of amides is 1. The molecule has 2 N–H and O–H groups in total. The van der Waals surface area contributed by atoms with Crippen molar-refractivity contribution >= 4 is 33.4 Å². The lowest BCUT2D eigenvalue weighted by molar-refractivity contribution is 0.0526. The van der Waals surface area contributed by atoms with E-state index in [9.17, 15) is 14.4 Å². The van der Waals surface area contributed by atoms with E-state index < -0.39 is 11.5 Å². The number of fused-ring (bicyclic) bond motifs is 1. The summed E-state index contributed by atoms with van der Waals surface area (Å²) in [4.78, 5) is 44.6. The molecule has 0 radical (unpaired) electrons. The number of carbonyl (C=O) groups excluding carboxylic acids is 2. The van der Waals surface area contributed by atoms with E-state index in [1.165, 1.54) is 11.3 Å². The molecule has 0 fully saturated rings. The zero-order valence-electron chi connectivity index (χ0n) is 20.5. The number of thiophene rings is 1. The third kappa shape index (κ3) is 6.67. The Labute approximate surface area is 217 Å². The third-order valence-electron chi connectivity index (χ3n) is 5.48. The predicted octanol–water partition coefficient (Wildman–Crippen LogP) is 3.95. The molecule has 4 rings (SSSR count). The molecule has 2 heterocycles. The van der Waals surface area contributed by atoms with Crippen molar-refractivity contribution < 1.29 is 23.8 Å². The molecule has 10 heteroatoms. The Morgan fingerprint density at radius 2 is 1.81 bits per heavy atom. The number of carbonyl (C=O) groups is 2. The van der Waals surface area contributed by atoms with E-state index in [2.05, 4.69) is 15.3 Å². The second kappa shape index (κ2) is 12.4. The van der Waals surface area contributed by atoms with Crippen LogP contribution >= 0.6 is 11.3 Å². The highest BCUT2D eigenvalue weighted by Crippen LogP contribution is 2.22. The van der Waals surface area contributed by atoms with Gasteiger partial charge in [-0.05, 0) is 41.1 Å². The molecule has 9 nitrogen and oxygen atoms in total. The van der Waals surface area contributed by atoms with Crippen LogP contribution in [0.2, 0.25) is 0 Å². The summed E-state index contributed by atoms with van der Waals surface area (Å²) in [6, 6.07) is 14.7. The Bertz CT molecular complexity index is 1440. The number of nitrogens with one attached hydrogen (secondary N) is 2. The zero-order valence-corrected chi connectivity index (χ0v) is 21.4. The molecule has 0 saturated carbocycles. The second-order valence-corrected chi connectivity index (χ2v) is 9.06. The average molecular weight is 522 g/mol. The van der Waals surface area contributed by atoms with Gasteiger partial charge in [-0.15, -0.1) is 11.3 Å². The monoisotopic (exact) mass is 521 g/mol. The molecule has 37 heavy (non-hydrogen) atoms. The minimum Gasteiger partial charge on any atom is -0.462 e. The summed E-state index contributed by atoms with van der Waals surface area (Å²) >= 11 is 1.28. The van der Waals surface area contributed by atoms with Crippen molar-refractivity contribution in [2.75, 3.05) is 13.7 Å². The van der Waals surface area contributed by atoms with Gasteiger partial charge in [-0.25, -0.2) is 9.78 Å². The fourth-order valence-electron chi connectivity index (χ4n) is 3.71. The van der Waals surface area contributed by atoms with E-state index in [1.807, 2.05) is 24.3 Å². The van der Waals surface area contributed by atoms with E-state index in [1.54, 1.807) is 43.7 Å². The van der Waals surface area contributed by atoms with E-state index in [0.29, 0.717) is 47.7 Å². The second-order valence-electron chi connectivity index (χ2n) is 8.20. The van der Waals surface area contributed by atoms with Gasteiger partial charge in [-0.1, -0.05) is 36.4 Å². The van der Waals surface area contributed by atoms with E-state index in [4.69, 9.17) is 14.2 Å². The van der Waals surface area contributed by atoms with Gasteiger partial charge >= 0.3 is 5.97 Å². The number of methoxy groups -OCH3 is 1. The summed E-state index contributed by atoms with van der Waals surface area (Å²) < 4.78 is 15.9. The highest BCUT2D eigenvalue weighted by atomic mass is 32.1. The highest BCUT2D eigenvalue weighted by molar-refractivity contribution is 7.16. The smallest absolute Gasteiger partial charge is 0.338 e. The van der Waals surface area contributed by atoms with Crippen LogP contribution in [0, 0.1) is 0 Å². The van der Waals surface area contributed by atoms with Crippen LogP contribution in [0.15, 0.2) is 58.7 Å². The van der Waals surface area contributed by atoms with Gasteiger partial charge < -0.3 is 24.5 Å². The van der Waals surface area contributed by atoms with Crippen molar-refractivity contribution in [3.63, 3.8) is 0 Å². The van der Waals surface area contributed by atoms with E-state index in [-0.39, 0.29) is 18.4 Å². The minimum atomic E-state index is -0.464. The molecule has 0 aliphatic carbocycles. The number of H-pyrrole nitrogens is 1. The number of aromatic amines is 1. The van der Waals surface area contributed by atoms with Crippen LogP contribution in [0.1, 0.15) is 50.2 Å². The SMILES string of the molecule is CCOC(=O)c1ccc(COCc2csc3nc(C(=O)NCc4cccc(COC)c4)[nH]c(=O)c23)cc1. The Kier molecular flexibility index (Phi) is 8.78. The quantitative estimate of drug-likeness (QED) is 0.287. The molecular formula is C27H27N3O6S. The summed E-state index contributed by atoms with van der Waals surface area (Å²) in [6.07, 6.45) is 0. The van der Waals surface area contributed by atoms with Crippen molar-refractivity contribution in [3.8, 4) is 0 Å². The molecular weight excluding hydrogens is 494 g/mol. The lowest BCUT2D eigenvalue weighted by Gasteiger charge is -2.07. The number of rotatable bonds is 11. The van der Waals surface area contributed by atoms with Gasteiger partial charge in [0.15, 0.2) is 0 Å². The zero-order chi connectivity index (χ0) is 26.2. The van der Waals surface area contributed by atoms with Gasteiger partial charge in [-0.2, -0.15) is 0 Å². The maximum Gasteiger partial charge on any atom is 0.338 e. The largest absolute Gasteiger partial charge is 0.462 e. The Morgan fingerprint density at radius 1 is 1.03 bits per heavy atom. The van der Waals surface area contributed by atoms with Crippen LogP contribution in [0.5, 0.6) is 0 Å². The number of hydrogen-bond donors (Lipinski definition) is 2. The number of hydrogen-bond acceptors (Lipinski definition) is 8. The van der Waals surface area contributed by atoms with Crippen molar-refractivity contribution in [1.29, 1.82) is 0 Å². The van der Waals surface area contributed by atoms with Gasteiger partial charge in [0, 0.05) is 19.2 Å². The fraction of sp³-hybridized carbons (Fsp3) is 0.259. The number of aromatic nitrogens is 2. The van der Waals surface area contributed by atoms with Crippen molar-refractivity contribution in [1.82, 2.24) is 15.3 Å². The average Bonchev–Trinajstić information content (AvgIpc) is 3.32. The van der Waals surface area contributed by atoms with Crippen LogP contribution < -0.4 is 10.9 Å². The lowest BCUT2D eigenvalue weighted by Crippen LogP contribution is -2.27. The molecule has 0 aliphatic rings. The van der Waals surface area contributed by atoms with Gasteiger partial charge in [0.1, 0.15) is 4.83 Å². The predicted molar refractivity (Wildman–Crippen MR) is 139 cm³/mol. The molecule has 192 valence electrons. The Hall–Kier alpha value is -3.86. The minimum absolute atomic E-state index is 0.0402. The standard InChI is InChI=1S/C27H27N3O6S/c1-3-36-27(33)20-9-7-17(8-10-20)14-35-15-21-16-37-26-22(21)24(31)29-23(30-26)25(32)28-12-18-5-4-6-19(11-18)13-34-2/h4-11,16H,3,12-15H2,1-2H3,(H,28,32)(H,29,30,31). The Morgan fingerprint density at radius 3 is 2.57 bits per heavy atom. The molecule has 2 aromatic heterocycles. The summed E-state index contributed by atoms with van der Waals surface area (Å²) in [5.74, 6) is -0.870. The highest BCUT2D eigenvalue weighted by Gasteiger charge is 2.16. The number of benzene rings is 2. The summed E-state index contributed by atoms with van der Waals surface area (Å²) in [5.41, 5.74) is 3.58. The lowest BCUT2D eigenvalue weighted by atomic mass is 10.1. The normalized spacial score (nSPS) is 11.0. The summed E-state index contributed by atoms with van der Waals surface area (Å²) in [6.45, 7) is 3.37. The molecule has 4 aromatic rings. The number of ether oxygens (including phenoxy) is 3. The molecule has 0 saturated heterocycles. The first-order valence-corrected chi connectivity index (χ1v) is 12.6. The van der Waals surface area contributed by atoms with E-state index in [0.717, 1.165) is 16.7 Å². The summed E-state index contributed by atoms with van der Waals surface area (Å²) in [7, 11) is 1.63. The topological polar surface area (TPSA) is 120 Å². The number of nitrogens with zero attached hydrogens (tertiary/aromatic N) is 1. The maximum atomic E-state index is 12.8. The van der Waals surface area contributed by atoms with Crippen molar-refractivity contribution in [3.05, 3.63) is 97.9 Å². The van der Waals surface area contributed by atoms with Gasteiger partial charge in [-0.3, -0.25) is 9.59 Å². The third-order valence-corrected chi connectivity index (χ3v) is 6.40. The first-order valence-electron chi connectivity index (χ1n) is 11.7. The Balaban J connectivity index is 1.37. The molecule has 0 spiro atoms. The fourth-order valence-corrected chi connectivity index (χ4v) is 4.64. The van der Waals surface area contributed by atoms with E-state index >= 15 is 0 Å². The van der Waals surface area contributed by atoms with Crippen molar-refractivity contribution in [2.45, 2.75) is 33.3 Å². The summed E-state index contributed by atoms with van der Waals surface area (Å²) in [5, 5.41) is 5.01. The molecule has 1 amide bonds. The van der Waals surface area contributed by atoms with Crippen LogP contribution in [-0.2, 0) is 40.6 Å². The maximum absolute atomic E-state index is 12.8. The van der Waals surface area contributed by atoms with Crippen LogP contribution in [0.3, 0.4) is 0 Å². The van der Waals surface area contributed by atoms with Gasteiger partial charge in [0.25, 0.3) is 11.5 Å². The molecule has 0 unspecified atom stereocenters. The molecule has 0 atom stereocenters. The van der Waals surface area contributed by atoms with Crippen LogP contribution in [-0.4, -0.2) is 35.6 Å². The van der Waals surface area contributed by atoms with Gasteiger partial charge in [0.2, 0.25) is 5.82 Å². The van der Waals surface area contributed by atoms with Crippen LogP contribution in [0.4, 0.5) is 0 Å². The molecule has 0 bridgehead atoms. The molecule has 2 aromatic carbocycles.